The summed E-state index contributed by atoms with van der Waals surface area (Å²) in [4.78, 5) is 37.9. The van der Waals surface area contributed by atoms with Crippen LogP contribution in [0.4, 0.5) is 0 Å². The fourth-order valence-corrected chi connectivity index (χ4v) is 6.17. The van der Waals surface area contributed by atoms with Gasteiger partial charge in [-0.3, -0.25) is 9.59 Å². The summed E-state index contributed by atoms with van der Waals surface area (Å²) in [7, 11) is 0. The number of benzene rings is 1. The molecule has 4 bridgehead atoms. The minimum atomic E-state index is -0.920. The van der Waals surface area contributed by atoms with Crippen molar-refractivity contribution in [1.29, 1.82) is 0 Å². The molecule has 0 aromatic heterocycles. The minimum Gasteiger partial charge on any atom is -0.451 e. The highest BCUT2D eigenvalue weighted by molar-refractivity contribution is 5.89. The van der Waals surface area contributed by atoms with E-state index in [0.717, 1.165) is 30.4 Å². The average Bonchev–Trinajstić information content (AvgIpc) is 2.72. The Hall–Kier alpha value is -2.37. The Morgan fingerprint density at radius 3 is 2.10 bits per heavy atom. The summed E-state index contributed by atoms with van der Waals surface area (Å²) < 4.78 is 5.34. The van der Waals surface area contributed by atoms with Crippen LogP contribution >= 0.6 is 0 Å². The third-order valence-electron chi connectivity index (χ3n) is 7.47. The number of esters is 1. The van der Waals surface area contributed by atoms with Crippen LogP contribution < -0.4 is 10.6 Å². The zero-order chi connectivity index (χ0) is 22.2. The van der Waals surface area contributed by atoms with Crippen LogP contribution in [0.25, 0.3) is 0 Å². The Morgan fingerprint density at radius 1 is 1.00 bits per heavy atom. The third-order valence-corrected chi connectivity index (χ3v) is 7.47. The minimum absolute atomic E-state index is 0.00692. The van der Waals surface area contributed by atoms with Gasteiger partial charge in [0.15, 0.2) is 6.10 Å². The van der Waals surface area contributed by atoms with E-state index in [1.54, 1.807) is 13.8 Å². The lowest BCUT2D eigenvalue weighted by molar-refractivity contribution is -0.159. The van der Waals surface area contributed by atoms with Crippen molar-refractivity contribution < 1.29 is 19.1 Å². The first-order valence-electron chi connectivity index (χ1n) is 11.6. The number of aryl methyl sites for hydroxylation is 1. The fraction of sp³-hybridized carbons (Fsp3) is 0.640. The van der Waals surface area contributed by atoms with Crippen LogP contribution in [-0.4, -0.2) is 29.9 Å². The van der Waals surface area contributed by atoms with E-state index >= 15 is 0 Å². The van der Waals surface area contributed by atoms with Gasteiger partial charge < -0.3 is 15.4 Å². The van der Waals surface area contributed by atoms with Crippen LogP contribution in [0.1, 0.15) is 63.5 Å². The van der Waals surface area contributed by atoms with Crippen LogP contribution in [0.15, 0.2) is 24.3 Å². The van der Waals surface area contributed by atoms with Crippen molar-refractivity contribution in [3.63, 3.8) is 0 Å². The summed E-state index contributed by atoms with van der Waals surface area (Å²) in [6, 6.07) is 7.11. The number of hydrogen-bond acceptors (Lipinski definition) is 4. The number of hydrogen-bond donors (Lipinski definition) is 2. The van der Waals surface area contributed by atoms with E-state index in [1.807, 2.05) is 31.2 Å². The number of rotatable bonds is 7. The highest BCUT2D eigenvalue weighted by atomic mass is 16.5. The van der Waals surface area contributed by atoms with Gasteiger partial charge in [-0.2, -0.15) is 0 Å². The van der Waals surface area contributed by atoms with Gasteiger partial charge in [-0.25, -0.2) is 4.79 Å². The topological polar surface area (TPSA) is 84.5 Å². The van der Waals surface area contributed by atoms with Gasteiger partial charge in [0, 0.05) is 12.0 Å². The quantitative estimate of drug-likeness (QED) is 0.656. The molecule has 4 fully saturated rings. The summed E-state index contributed by atoms with van der Waals surface area (Å²) in [6.07, 6.45) is 5.72. The van der Waals surface area contributed by atoms with Crippen molar-refractivity contribution >= 4 is 17.8 Å². The van der Waals surface area contributed by atoms with Gasteiger partial charge in [0.1, 0.15) is 6.04 Å². The van der Waals surface area contributed by atoms with Crippen LogP contribution in [0, 0.1) is 30.1 Å². The Kier molecular flexibility index (Phi) is 6.09. The van der Waals surface area contributed by atoms with Crippen LogP contribution in [0.2, 0.25) is 0 Å². The second kappa shape index (κ2) is 8.64. The number of amides is 2. The van der Waals surface area contributed by atoms with Crippen LogP contribution in [-0.2, 0) is 25.7 Å². The molecule has 0 spiro atoms. The molecular formula is C25H34N2O4. The summed E-state index contributed by atoms with van der Waals surface area (Å²) in [6.45, 7) is 5.57. The molecule has 0 unspecified atom stereocenters. The summed E-state index contributed by atoms with van der Waals surface area (Å²) in [5, 5.41) is 5.69. The first kappa shape index (κ1) is 21.8. The maximum Gasteiger partial charge on any atom is 0.329 e. The molecule has 5 rings (SSSR count). The molecular weight excluding hydrogens is 392 g/mol. The van der Waals surface area contributed by atoms with Crippen molar-refractivity contribution in [2.75, 3.05) is 0 Å². The number of carbonyl (C=O) groups is 3. The fourth-order valence-electron chi connectivity index (χ4n) is 6.17. The predicted octanol–water partition coefficient (Wildman–Crippen LogP) is 3.26. The molecule has 1 aromatic carbocycles. The van der Waals surface area contributed by atoms with E-state index in [2.05, 4.69) is 10.6 Å². The predicted molar refractivity (Wildman–Crippen MR) is 117 cm³/mol. The molecule has 2 atom stereocenters. The molecule has 6 heteroatoms. The monoisotopic (exact) mass is 426 g/mol. The molecule has 31 heavy (non-hydrogen) atoms. The summed E-state index contributed by atoms with van der Waals surface area (Å²) in [5.41, 5.74) is 1.83. The maximum atomic E-state index is 13.1. The third kappa shape index (κ3) is 4.78. The van der Waals surface area contributed by atoms with Gasteiger partial charge in [0.05, 0.1) is 0 Å². The van der Waals surface area contributed by atoms with Gasteiger partial charge in [0.2, 0.25) is 5.91 Å². The lowest BCUT2D eigenvalue weighted by atomic mass is 9.49. The molecule has 168 valence electrons. The molecule has 0 saturated heterocycles. The first-order chi connectivity index (χ1) is 14.7. The molecule has 2 N–H and O–H groups in total. The molecule has 0 radical (unpaired) electrons. The van der Waals surface area contributed by atoms with Crippen molar-refractivity contribution in [2.45, 2.75) is 78.0 Å². The molecule has 2 amide bonds. The molecule has 1 aromatic rings. The van der Waals surface area contributed by atoms with E-state index < -0.39 is 18.1 Å². The lowest BCUT2D eigenvalue weighted by Gasteiger charge is -2.55. The van der Waals surface area contributed by atoms with E-state index in [0.29, 0.717) is 24.3 Å². The van der Waals surface area contributed by atoms with Crippen LogP contribution in [0.3, 0.4) is 0 Å². The summed E-state index contributed by atoms with van der Waals surface area (Å²) >= 11 is 0. The van der Waals surface area contributed by atoms with Crippen molar-refractivity contribution in [1.82, 2.24) is 10.6 Å². The molecule has 0 heterocycles. The van der Waals surface area contributed by atoms with E-state index in [-0.39, 0.29) is 17.2 Å². The molecule has 4 aliphatic carbocycles. The SMILES string of the molecule is Cc1ccc(CNC(=O)[C@@H](C)OC(=O)[C@H](C)NC(=O)C23CC4CC(CC(C4)C2)C3)cc1. The molecule has 4 aliphatic rings. The number of nitrogens with one attached hydrogen (secondary N) is 2. The zero-order valence-corrected chi connectivity index (χ0v) is 18.8. The summed E-state index contributed by atoms with van der Waals surface area (Å²) in [5.74, 6) is 1.06. The Bertz CT molecular complexity index is 812. The molecule has 4 saturated carbocycles. The standard InChI is InChI=1S/C25H34N2O4/c1-15-4-6-18(7-5-15)14-26-22(28)17(3)31-23(29)16(2)27-24(30)25-11-19-8-20(12-25)10-21(9-19)13-25/h4-7,16-17,19-21H,8-14H2,1-3H3,(H,26,28)(H,27,30)/t16-,17+,19?,20?,21?,25?/m0/s1. The Morgan fingerprint density at radius 2 is 1.55 bits per heavy atom. The zero-order valence-electron chi connectivity index (χ0n) is 18.8. The highest BCUT2D eigenvalue weighted by Gasteiger charge is 2.54. The number of ether oxygens (including phenoxy) is 1. The second-order valence-corrected chi connectivity index (χ2v) is 10.2. The smallest absolute Gasteiger partial charge is 0.329 e. The van der Waals surface area contributed by atoms with Gasteiger partial charge in [0.25, 0.3) is 5.91 Å². The first-order valence-corrected chi connectivity index (χ1v) is 11.6. The average molecular weight is 427 g/mol. The maximum absolute atomic E-state index is 13.1. The molecule has 6 nitrogen and oxygen atoms in total. The normalized spacial score (nSPS) is 30.4. The molecule has 0 aliphatic heterocycles. The van der Waals surface area contributed by atoms with Crippen molar-refractivity contribution in [2.24, 2.45) is 23.2 Å². The van der Waals surface area contributed by atoms with E-state index in [4.69, 9.17) is 4.74 Å². The lowest BCUT2D eigenvalue weighted by Crippen LogP contribution is -2.56. The van der Waals surface area contributed by atoms with Gasteiger partial charge in [-0.1, -0.05) is 29.8 Å². The van der Waals surface area contributed by atoms with E-state index in [1.165, 1.54) is 19.3 Å². The number of carbonyl (C=O) groups excluding carboxylic acids is 3. The van der Waals surface area contributed by atoms with Crippen molar-refractivity contribution in [3.8, 4) is 0 Å². The van der Waals surface area contributed by atoms with Gasteiger partial charge >= 0.3 is 5.97 Å². The Labute approximate surface area is 184 Å². The van der Waals surface area contributed by atoms with Gasteiger partial charge in [-0.15, -0.1) is 0 Å². The largest absolute Gasteiger partial charge is 0.451 e. The van der Waals surface area contributed by atoms with Gasteiger partial charge in [-0.05, 0) is 82.6 Å². The Balaban J connectivity index is 1.25. The van der Waals surface area contributed by atoms with E-state index in [9.17, 15) is 14.4 Å². The second-order valence-electron chi connectivity index (χ2n) is 10.2. The van der Waals surface area contributed by atoms with Crippen molar-refractivity contribution in [3.05, 3.63) is 35.4 Å². The highest BCUT2D eigenvalue weighted by Crippen LogP contribution is 2.60. The van der Waals surface area contributed by atoms with Crippen LogP contribution in [0.5, 0.6) is 0 Å².